The number of esters is 1. The van der Waals surface area contributed by atoms with Crippen LogP contribution in [-0.4, -0.2) is 13.1 Å². The maximum atomic E-state index is 11.8. The molecule has 0 atom stereocenters. The Morgan fingerprint density at radius 2 is 1.46 bits per heavy atom. The maximum absolute atomic E-state index is 11.8. The zero-order valence-electron chi connectivity index (χ0n) is 15.4. The third-order valence-electron chi connectivity index (χ3n) is 3.95. The fraction of sp³-hybridized carbons (Fsp3) is 0.174. The van der Waals surface area contributed by atoms with Gasteiger partial charge in [-0.25, -0.2) is 4.79 Å². The summed E-state index contributed by atoms with van der Waals surface area (Å²) in [6, 6.07) is 11.8. The van der Waals surface area contributed by atoms with Crippen molar-refractivity contribution < 1.29 is 14.3 Å². The van der Waals surface area contributed by atoms with Crippen LogP contribution in [-0.2, 0) is 17.6 Å². The molecule has 0 amide bonds. The molecule has 0 N–H and O–H groups in total. The monoisotopic (exact) mass is 348 g/mol. The van der Waals surface area contributed by atoms with Crippen molar-refractivity contribution in [2.45, 2.75) is 19.8 Å². The molecule has 2 rings (SSSR count). The van der Waals surface area contributed by atoms with Crippen molar-refractivity contribution in [3.63, 3.8) is 0 Å². The van der Waals surface area contributed by atoms with Crippen LogP contribution in [0.4, 0.5) is 0 Å². The van der Waals surface area contributed by atoms with Gasteiger partial charge in [0.2, 0.25) is 0 Å². The lowest BCUT2D eigenvalue weighted by Crippen LogP contribution is -2.09. The summed E-state index contributed by atoms with van der Waals surface area (Å²) in [5.41, 5.74) is 4.43. The van der Waals surface area contributed by atoms with E-state index in [1.54, 1.807) is 20.1 Å². The lowest BCUT2D eigenvalue weighted by molar-refractivity contribution is -0.130. The van der Waals surface area contributed by atoms with Crippen LogP contribution < -0.4 is 9.47 Å². The Morgan fingerprint density at radius 1 is 0.962 bits per heavy atom. The van der Waals surface area contributed by atoms with Crippen LogP contribution in [0.1, 0.15) is 18.1 Å². The van der Waals surface area contributed by atoms with Crippen molar-refractivity contribution in [3.05, 3.63) is 85.0 Å². The standard InChI is InChI=1S/C23H24O3/c1-6-8-19-14-17(10-12-21(19)25-5)18-11-13-22(20(15-18)9-7-2)26-23(24)16(3)4/h6-7,10-15H,1-3,8-9H2,4-5H3. The van der Waals surface area contributed by atoms with E-state index in [2.05, 4.69) is 25.8 Å². The Balaban J connectivity index is 2.44. The fourth-order valence-corrected chi connectivity index (χ4v) is 2.63. The molecule has 0 bridgehead atoms. The van der Waals surface area contributed by atoms with Gasteiger partial charge in [0.25, 0.3) is 0 Å². The third kappa shape index (κ3) is 4.51. The van der Waals surface area contributed by atoms with Gasteiger partial charge in [0.1, 0.15) is 11.5 Å². The van der Waals surface area contributed by atoms with E-state index in [-0.39, 0.29) is 0 Å². The van der Waals surface area contributed by atoms with E-state index in [9.17, 15) is 4.79 Å². The fourth-order valence-electron chi connectivity index (χ4n) is 2.63. The third-order valence-corrected chi connectivity index (χ3v) is 3.95. The molecule has 26 heavy (non-hydrogen) atoms. The van der Waals surface area contributed by atoms with E-state index in [1.807, 2.05) is 36.4 Å². The molecular formula is C23H24O3. The van der Waals surface area contributed by atoms with Crippen molar-refractivity contribution >= 4 is 5.97 Å². The Labute approximate surface area is 155 Å². The zero-order chi connectivity index (χ0) is 19.1. The van der Waals surface area contributed by atoms with Gasteiger partial charge in [-0.15, -0.1) is 13.2 Å². The summed E-state index contributed by atoms with van der Waals surface area (Å²) >= 11 is 0. The second kappa shape index (κ2) is 8.86. The summed E-state index contributed by atoms with van der Waals surface area (Å²) in [5, 5.41) is 0. The van der Waals surface area contributed by atoms with E-state index in [0.717, 1.165) is 34.4 Å². The predicted molar refractivity (Wildman–Crippen MR) is 107 cm³/mol. The molecule has 0 saturated heterocycles. The molecule has 2 aromatic carbocycles. The minimum absolute atomic E-state index is 0.364. The molecule has 3 nitrogen and oxygen atoms in total. The number of allylic oxidation sites excluding steroid dienone is 2. The molecule has 3 heteroatoms. The number of carbonyl (C=O) groups excluding carboxylic acids is 1. The molecule has 0 aliphatic carbocycles. The number of hydrogen-bond donors (Lipinski definition) is 0. The first-order valence-corrected chi connectivity index (χ1v) is 8.39. The SMILES string of the molecule is C=CCc1cc(-c2ccc(OC(=O)C(=C)C)c(CC=C)c2)ccc1OC. The highest BCUT2D eigenvalue weighted by Gasteiger charge is 2.12. The summed E-state index contributed by atoms with van der Waals surface area (Å²) in [6.07, 6.45) is 4.96. The molecule has 0 unspecified atom stereocenters. The molecule has 0 aliphatic rings. The molecule has 0 heterocycles. The summed E-state index contributed by atoms with van der Waals surface area (Å²) in [6.45, 7) is 12.8. The average Bonchev–Trinajstić information content (AvgIpc) is 2.63. The van der Waals surface area contributed by atoms with E-state index < -0.39 is 5.97 Å². The quantitative estimate of drug-likeness (QED) is 0.281. The van der Waals surface area contributed by atoms with Gasteiger partial charge in [-0.3, -0.25) is 0 Å². The molecular weight excluding hydrogens is 324 g/mol. The number of methoxy groups -OCH3 is 1. The predicted octanol–water partition coefficient (Wildman–Crippen LogP) is 5.30. The minimum atomic E-state index is -0.430. The molecule has 0 saturated carbocycles. The van der Waals surface area contributed by atoms with Crippen LogP contribution in [0.5, 0.6) is 11.5 Å². The molecule has 0 aliphatic heterocycles. The Kier molecular flexibility index (Phi) is 6.56. The molecule has 0 fully saturated rings. The second-order valence-electron chi connectivity index (χ2n) is 6.00. The largest absolute Gasteiger partial charge is 0.496 e. The minimum Gasteiger partial charge on any atom is -0.496 e. The zero-order valence-corrected chi connectivity index (χ0v) is 15.4. The molecule has 0 radical (unpaired) electrons. The number of carbonyl (C=O) groups is 1. The molecule has 0 aromatic heterocycles. The van der Waals surface area contributed by atoms with Gasteiger partial charge in [-0.1, -0.05) is 30.9 Å². The van der Waals surface area contributed by atoms with E-state index in [4.69, 9.17) is 9.47 Å². The van der Waals surface area contributed by atoms with Gasteiger partial charge in [-0.05, 0) is 66.3 Å². The normalized spacial score (nSPS) is 10.1. The van der Waals surface area contributed by atoms with Gasteiger partial charge in [0, 0.05) is 5.57 Å². The number of benzene rings is 2. The smallest absolute Gasteiger partial charge is 0.338 e. The van der Waals surface area contributed by atoms with Gasteiger partial charge >= 0.3 is 5.97 Å². The number of hydrogen-bond acceptors (Lipinski definition) is 3. The maximum Gasteiger partial charge on any atom is 0.338 e. The van der Waals surface area contributed by atoms with Crippen LogP contribution in [0.2, 0.25) is 0 Å². The summed E-state index contributed by atoms with van der Waals surface area (Å²) < 4.78 is 10.8. The summed E-state index contributed by atoms with van der Waals surface area (Å²) in [5.74, 6) is 0.939. The Bertz CT molecular complexity index is 847. The van der Waals surface area contributed by atoms with E-state index >= 15 is 0 Å². The number of ether oxygens (including phenoxy) is 2. The lowest BCUT2D eigenvalue weighted by atomic mass is 9.98. The highest BCUT2D eigenvalue weighted by atomic mass is 16.5. The molecule has 0 spiro atoms. The van der Waals surface area contributed by atoms with Crippen molar-refractivity contribution in [1.29, 1.82) is 0 Å². The van der Waals surface area contributed by atoms with Crippen LogP contribution >= 0.6 is 0 Å². The van der Waals surface area contributed by atoms with Gasteiger partial charge in [-0.2, -0.15) is 0 Å². The summed E-state index contributed by atoms with van der Waals surface area (Å²) in [7, 11) is 1.66. The first kappa shape index (κ1) is 19.3. The first-order chi connectivity index (χ1) is 12.5. The summed E-state index contributed by atoms with van der Waals surface area (Å²) in [4.78, 5) is 11.8. The van der Waals surface area contributed by atoms with Crippen molar-refractivity contribution in [2.75, 3.05) is 7.11 Å². The molecule has 2 aromatic rings. The van der Waals surface area contributed by atoms with Crippen molar-refractivity contribution in [2.24, 2.45) is 0 Å². The lowest BCUT2D eigenvalue weighted by Gasteiger charge is -2.13. The van der Waals surface area contributed by atoms with Gasteiger partial charge in [0.05, 0.1) is 7.11 Å². The van der Waals surface area contributed by atoms with E-state index in [1.165, 1.54) is 0 Å². The van der Waals surface area contributed by atoms with Crippen LogP contribution in [0.25, 0.3) is 11.1 Å². The van der Waals surface area contributed by atoms with Crippen LogP contribution in [0.15, 0.2) is 73.9 Å². The highest BCUT2D eigenvalue weighted by Crippen LogP contribution is 2.31. The first-order valence-electron chi connectivity index (χ1n) is 8.39. The van der Waals surface area contributed by atoms with Crippen molar-refractivity contribution in [1.82, 2.24) is 0 Å². The van der Waals surface area contributed by atoms with Gasteiger partial charge < -0.3 is 9.47 Å². The average molecular weight is 348 g/mol. The van der Waals surface area contributed by atoms with Crippen molar-refractivity contribution in [3.8, 4) is 22.6 Å². The Morgan fingerprint density at radius 3 is 1.92 bits per heavy atom. The van der Waals surface area contributed by atoms with E-state index in [0.29, 0.717) is 17.7 Å². The van der Waals surface area contributed by atoms with Gasteiger partial charge in [0.15, 0.2) is 0 Å². The Hall–Kier alpha value is -3.07. The number of rotatable bonds is 8. The topological polar surface area (TPSA) is 35.5 Å². The van der Waals surface area contributed by atoms with Crippen LogP contribution in [0.3, 0.4) is 0 Å². The molecule has 134 valence electrons. The second-order valence-corrected chi connectivity index (χ2v) is 6.00. The highest BCUT2D eigenvalue weighted by molar-refractivity contribution is 5.89. The van der Waals surface area contributed by atoms with Crippen LogP contribution in [0, 0.1) is 0 Å².